The molecule has 1 atom stereocenters. The van der Waals surface area contributed by atoms with Crippen LogP contribution in [0.25, 0.3) is 0 Å². The van der Waals surface area contributed by atoms with Crippen LogP contribution < -0.4 is 4.90 Å². The second-order valence-electron chi connectivity index (χ2n) is 9.19. The predicted octanol–water partition coefficient (Wildman–Crippen LogP) is 2.33. The number of hydrogen-bond acceptors (Lipinski definition) is 5. The number of aryl methyl sites for hydroxylation is 1. The Morgan fingerprint density at radius 2 is 1.90 bits per heavy atom. The molecule has 31 heavy (non-hydrogen) atoms. The van der Waals surface area contributed by atoms with E-state index in [0.29, 0.717) is 50.0 Å². The fourth-order valence-corrected chi connectivity index (χ4v) is 4.35. The zero-order valence-electron chi connectivity index (χ0n) is 19.5. The number of amides is 3. The molecular weight excluding hydrogens is 394 g/mol. The van der Waals surface area contributed by atoms with Crippen LogP contribution in [0.15, 0.2) is 0 Å². The van der Waals surface area contributed by atoms with Crippen molar-refractivity contribution in [3.05, 3.63) is 17.1 Å². The number of aromatic nitrogens is 2. The van der Waals surface area contributed by atoms with Crippen molar-refractivity contribution in [2.75, 3.05) is 31.6 Å². The lowest BCUT2D eigenvalue weighted by atomic mass is 10.0. The largest absolute Gasteiger partial charge is 0.342 e. The molecule has 0 aliphatic carbocycles. The van der Waals surface area contributed by atoms with Crippen LogP contribution in [0.2, 0.25) is 0 Å². The number of rotatable bonds is 8. The van der Waals surface area contributed by atoms with E-state index in [4.69, 9.17) is 4.98 Å². The summed E-state index contributed by atoms with van der Waals surface area (Å²) in [6, 6.07) is 0. The van der Waals surface area contributed by atoms with Crippen molar-refractivity contribution < 1.29 is 14.4 Å². The van der Waals surface area contributed by atoms with Gasteiger partial charge in [0.05, 0.1) is 12.5 Å². The molecule has 0 saturated carbocycles. The van der Waals surface area contributed by atoms with E-state index in [9.17, 15) is 14.4 Å². The second kappa shape index (κ2) is 9.75. The van der Waals surface area contributed by atoms with Crippen LogP contribution >= 0.6 is 0 Å². The van der Waals surface area contributed by atoms with E-state index in [2.05, 4.69) is 18.8 Å². The molecule has 0 aromatic carbocycles. The van der Waals surface area contributed by atoms with Gasteiger partial charge >= 0.3 is 0 Å². The van der Waals surface area contributed by atoms with E-state index in [1.54, 1.807) is 21.7 Å². The third-order valence-corrected chi connectivity index (χ3v) is 6.13. The Balaban J connectivity index is 1.75. The topological polar surface area (TPSA) is 86.7 Å². The number of carbonyl (C=O) groups is 3. The Hall–Kier alpha value is -2.51. The second-order valence-corrected chi connectivity index (χ2v) is 9.19. The highest BCUT2D eigenvalue weighted by Crippen LogP contribution is 2.29. The number of anilines is 1. The summed E-state index contributed by atoms with van der Waals surface area (Å²) in [7, 11) is 1.73. The molecule has 0 unspecified atom stereocenters. The number of hydrogen-bond donors (Lipinski definition) is 0. The van der Waals surface area contributed by atoms with Gasteiger partial charge in [0, 0.05) is 50.8 Å². The summed E-state index contributed by atoms with van der Waals surface area (Å²) < 4.78 is 0. The maximum Gasteiger partial charge on any atom is 0.228 e. The fraction of sp³-hybridized carbons (Fsp3) is 0.696. The Labute approximate surface area is 185 Å². The van der Waals surface area contributed by atoms with Gasteiger partial charge in [-0.3, -0.25) is 19.3 Å². The molecule has 0 bridgehead atoms. The number of fused-ring (bicyclic) bond motifs is 1. The molecule has 3 rings (SSSR count). The monoisotopic (exact) mass is 429 g/mol. The first-order chi connectivity index (χ1) is 14.7. The van der Waals surface area contributed by atoms with Crippen molar-refractivity contribution >= 4 is 23.5 Å². The highest BCUT2D eigenvalue weighted by molar-refractivity contribution is 5.95. The van der Waals surface area contributed by atoms with Gasteiger partial charge in [-0.25, -0.2) is 9.97 Å². The fourth-order valence-electron chi connectivity index (χ4n) is 4.35. The summed E-state index contributed by atoms with van der Waals surface area (Å²) in [5.41, 5.74) is 1.89. The van der Waals surface area contributed by atoms with Crippen LogP contribution in [0.3, 0.4) is 0 Å². The molecule has 2 aliphatic rings. The normalized spacial score (nSPS) is 18.7. The number of nitrogens with zero attached hydrogens (tertiary/aromatic N) is 5. The van der Waals surface area contributed by atoms with E-state index in [1.807, 2.05) is 13.8 Å². The Morgan fingerprint density at radius 1 is 1.16 bits per heavy atom. The van der Waals surface area contributed by atoms with E-state index in [1.165, 1.54) is 0 Å². The first kappa shape index (κ1) is 23.2. The average molecular weight is 430 g/mol. The molecule has 0 radical (unpaired) electrons. The van der Waals surface area contributed by atoms with Crippen LogP contribution in [0.1, 0.15) is 63.5 Å². The van der Waals surface area contributed by atoms with Crippen molar-refractivity contribution in [3.8, 4) is 0 Å². The van der Waals surface area contributed by atoms with Crippen LogP contribution in [0.4, 0.5) is 5.82 Å². The van der Waals surface area contributed by atoms with E-state index in [-0.39, 0.29) is 36.6 Å². The zero-order chi connectivity index (χ0) is 22.7. The van der Waals surface area contributed by atoms with Gasteiger partial charge in [0.1, 0.15) is 11.6 Å². The summed E-state index contributed by atoms with van der Waals surface area (Å²) in [6.07, 6.45) is 3.20. The molecule has 0 N–H and O–H groups in total. The van der Waals surface area contributed by atoms with Crippen molar-refractivity contribution in [3.63, 3.8) is 0 Å². The maximum absolute atomic E-state index is 12.9. The molecule has 3 heterocycles. The predicted molar refractivity (Wildman–Crippen MR) is 118 cm³/mol. The van der Waals surface area contributed by atoms with Gasteiger partial charge in [0.25, 0.3) is 0 Å². The van der Waals surface area contributed by atoms with Gasteiger partial charge in [-0.2, -0.15) is 0 Å². The van der Waals surface area contributed by atoms with Gasteiger partial charge in [-0.1, -0.05) is 20.8 Å². The first-order valence-corrected chi connectivity index (χ1v) is 11.4. The highest BCUT2D eigenvalue weighted by atomic mass is 16.2. The van der Waals surface area contributed by atoms with E-state index >= 15 is 0 Å². The standard InChI is InChI=1S/C23H35N5O3/c1-6-10-27-13-17(12-21(27)30)23(31)26(5)14-19-24-16(4)18-7-8-20(29)28(22(18)25-19)11-9-15(2)3/h15,17H,6-14H2,1-5H3/t17-/m1/s1. The van der Waals surface area contributed by atoms with Crippen LogP contribution in [0.5, 0.6) is 0 Å². The molecule has 3 amide bonds. The average Bonchev–Trinajstić information content (AvgIpc) is 3.07. The summed E-state index contributed by atoms with van der Waals surface area (Å²) in [5.74, 6) is 1.50. The minimum Gasteiger partial charge on any atom is -0.342 e. The lowest BCUT2D eigenvalue weighted by Gasteiger charge is -2.30. The van der Waals surface area contributed by atoms with Gasteiger partial charge < -0.3 is 9.80 Å². The van der Waals surface area contributed by atoms with Crippen molar-refractivity contribution in [1.82, 2.24) is 19.8 Å². The lowest BCUT2D eigenvalue weighted by Crippen LogP contribution is -2.39. The number of likely N-dealkylation sites (tertiary alicyclic amines) is 1. The lowest BCUT2D eigenvalue weighted by molar-refractivity contribution is -0.135. The molecule has 1 fully saturated rings. The molecule has 8 nitrogen and oxygen atoms in total. The number of carbonyl (C=O) groups excluding carboxylic acids is 3. The molecule has 1 aromatic heterocycles. The van der Waals surface area contributed by atoms with Gasteiger partial charge in [-0.05, 0) is 32.1 Å². The van der Waals surface area contributed by atoms with E-state index in [0.717, 1.165) is 24.1 Å². The minimum absolute atomic E-state index is 0.0498. The Bertz CT molecular complexity index is 854. The molecule has 0 spiro atoms. The highest BCUT2D eigenvalue weighted by Gasteiger charge is 2.35. The summed E-state index contributed by atoms with van der Waals surface area (Å²) >= 11 is 0. The van der Waals surface area contributed by atoms with Crippen molar-refractivity contribution in [2.45, 2.75) is 66.3 Å². The van der Waals surface area contributed by atoms with Gasteiger partial charge in [0.2, 0.25) is 17.7 Å². The summed E-state index contributed by atoms with van der Waals surface area (Å²) in [6.45, 7) is 10.3. The van der Waals surface area contributed by atoms with Crippen LogP contribution in [-0.2, 0) is 27.3 Å². The maximum atomic E-state index is 12.9. The van der Waals surface area contributed by atoms with Crippen molar-refractivity contribution in [1.29, 1.82) is 0 Å². The SMILES string of the molecule is CCCN1C[C@H](C(=O)N(C)Cc2nc(C)c3c(n2)N(CCC(C)C)C(=O)CC3)CC1=O. The zero-order valence-corrected chi connectivity index (χ0v) is 19.5. The minimum atomic E-state index is -0.313. The third kappa shape index (κ3) is 5.22. The molecular formula is C23H35N5O3. The summed E-state index contributed by atoms with van der Waals surface area (Å²) in [5, 5.41) is 0. The van der Waals surface area contributed by atoms with Gasteiger partial charge in [0.15, 0.2) is 0 Å². The Kier molecular flexibility index (Phi) is 7.28. The van der Waals surface area contributed by atoms with Gasteiger partial charge in [-0.15, -0.1) is 0 Å². The first-order valence-electron chi connectivity index (χ1n) is 11.4. The smallest absolute Gasteiger partial charge is 0.228 e. The van der Waals surface area contributed by atoms with E-state index < -0.39 is 0 Å². The molecule has 8 heteroatoms. The third-order valence-electron chi connectivity index (χ3n) is 6.13. The van der Waals surface area contributed by atoms with Crippen LogP contribution in [0, 0.1) is 18.8 Å². The summed E-state index contributed by atoms with van der Waals surface area (Å²) in [4.78, 5) is 52.2. The molecule has 1 aromatic rings. The quantitative estimate of drug-likeness (QED) is 0.633. The van der Waals surface area contributed by atoms with Crippen LogP contribution in [-0.4, -0.2) is 64.2 Å². The molecule has 1 saturated heterocycles. The molecule has 2 aliphatic heterocycles. The Morgan fingerprint density at radius 3 is 2.58 bits per heavy atom. The molecule has 170 valence electrons. The van der Waals surface area contributed by atoms with Crippen molar-refractivity contribution in [2.24, 2.45) is 11.8 Å².